The molecule has 0 spiro atoms. The van der Waals surface area contributed by atoms with Crippen LogP contribution in [-0.2, 0) is 17.8 Å². The summed E-state index contributed by atoms with van der Waals surface area (Å²) in [5.41, 5.74) is 1.11. The van der Waals surface area contributed by atoms with Gasteiger partial charge in [0.25, 0.3) is 0 Å². The maximum absolute atomic E-state index is 8.68. The maximum atomic E-state index is 8.68. The number of aliphatic hydroxyl groups excluding tert-OH is 1. The molecule has 0 saturated heterocycles. The molecule has 112 valence electrons. The number of ether oxygens (including phenoxy) is 1. The minimum absolute atomic E-state index is 0.0781. The van der Waals surface area contributed by atoms with Crippen molar-refractivity contribution in [2.45, 2.75) is 13.1 Å². The highest BCUT2D eigenvalue weighted by molar-refractivity contribution is 5.55. The molecule has 21 heavy (non-hydrogen) atoms. The molecule has 3 rings (SSSR count). The van der Waals surface area contributed by atoms with Crippen LogP contribution < -0.4 is 0 Å². The van der Waals surface area contributed by atoms with Crippen molar-refractivity contribution in [2.75, 3.05) is 32.9 Å². The Bertz CT molecular complexity index is 570. The lowest BCUT2D eigenvalue weighted by atomic mass is 10.2. The number of hydrogen-bond donors (Lipinski definition) is 1. The topological polar surface area (TPSA) is 63.4 Å². The van der Waals surface area contributed by atoms with Crippen molar-refractivity contribution >= 4 is 0 Å². The van der Waals surface area contributed by atoms with Gasteiger partial charge in [-0.1, -0.05) is 30.3 Å². The van der Waals surface area contributed by atoms with Crippen molar-refractivity contribution in [1.29, 1.82) is 0 Å². The van der Waals surface area contributed by atoms with E-state index in [9.17, 15) is 0 Å². The third kappa shape index (κ3) is 3.29. The van der Waals surface area contributed by atoms with E-state index in [4.69, 9.17) is 9.84 Å². The van der Waals surface area contributed by atoms with E-state index in [-0.39, 0.29) is 6.61 Å². The minimum Gasteiger partial charge on any atom is -0.394 e. The van der Waals surface area contributed by atoms with E-state index in [2.05, 4.69) is 31.8 Å². The molecular formula is C15H20N4O2. The third-order valence-corrected chi connectivity index (χ3v) is 3.65. The summed E-state index contributed by atoms with van der Waals surface area (Å²) in [7, 11) is 0. The summed E-state index contributed by atoms with van der Waals surface area (Å²) in [6.45, 7) is 4.63. The first-order valence-corrected chi connectivity index (χ1v) is 7.27. The van der Waals surface area contributed by atoms with Gasteiger partial charge < -0.3 is 14.4 Å². The Morgan fingerprint density at radius 2 is 1.95 bits per heavy atom. The molecule has 6 nitrogen and oxygen atoms in total. The fourth-order valence-electron chi connectivity index (χ4n) is 2.56. The number of hydrogen-bond acceptors (Lipinski definition) is 5. The Hall–Kier alpha value is -1.76. The molecule has 0 bridgehead atoms. The quantitative estimate of drug-likeness (QED) is 0.796. The van der Waals surface area contributed by atoms with Gasteiger partial charge >= 0.3 is 0 Å². The summed E-state index contributed by atoms with van der Waals surface area (Å²) in [6.07, 6.45) is 0. The lowest BCUT2D eigenvalue weighted by Crippen LogP contribution is -2.36. The minimum atomic E-state index is 0.0781. The van der Waals surface area contributed by atoms with Gasteiger partial charge in [-0.25, -0.2) is 0 Å². The second kappa shape index (κ2) is 6.80. The van der Waals surface area contributed by atoms with Crippen LogP contribution in [0.3, 0.4) is 0 Å². The first kappa shape index (κ1) is 14.2. The van der Waals surface area contributed by atoms with Crippen LogP contribution in [0.15, 0.2) is 30.3 Å². The van der Waals surface area contributed by atoms with Crippen LogP contribution in [0.1, 0.15) is 5.82 Å². The van der Waals surface area contributed by atoms with Crippen molar-refractivity contribution in [2.24, 2.45) is 0 Å². The Labute approximate surface area is 124 Å². The van der Waals surface area contributed by atoms with Crippen molar-refractivity contribution < 1.29 is 9.84 Å². The predicted molar refractivity (Wildman–Crippen MR) is 78.6 cm³/mol. The fraction of sp³-hybridized carbons (Fsp3) is 0.467. The molecular weight excluding hydrogens is 268 g/mol. The summed E-state index contributed by atoms with van der Waals surface area (Å²) < 4.78 is 7.51. The van der Waals surface area contributed by atoms with Gasteiger partial charge in [-0.2, -0.15) is 0 Å². The lowest BCUT2D eigenvalue weighted by molar-refractivity contribution is 0.0673. The molecule has 1 aliphatic heterocycles. The lowest BCUT2D eigenvalue weighted by Gasteiger charge is -2.27. The molecule has 0 fully saturated rings. The number of fused-ring (bicyclic) bond motifs is 1. The summed E-state index contributed by atoms with van der Waals surface area (Å²) in [5, 5.41) is 17.3. The summed E-state index contributed by atoms with van der Waals surface area (Å²) in [5.74, 6) is 1.95. The van der Waals surface area contributed by atoms with E-state index in [1.165, 1.54) is 0 Å². The molecule has 0 aliphatic carbocycles. The van der Waals surface area contributed by atoms with E-state index in [0.29, 0.717) is 13.2 Å². The molecule has 1 aromatic carbocycles. The molecule has 0 atom stereocenters. The number of aliphatic hydroxyl groups is 1. The molecule has 1 aliphatic rings. The van der Waals surface area contributed by atoms with Crippen LogP contribution in [0.25, 0.3) is 11.4 Å². The maximum Gasteiger partial charge on any atom is 0.164 e. The van der Waals surface area contributed by atoms with Crippen LogP contribution in [0.2, 0.25) is 0 Å². The number of aromatic nitrogens is 3. The second-order valence-corrected chi connectivity index (χ2v) is 5.07. The highest BCUT2D eigenvalue weighted by Gasteiger charge is 2.21. The highest BCUT2D eigenvalue weighted by atomic mass is 16.5. The van der Waals surface area contributed by atoms with Gasteiger partial charge in [-0.05, 0) is 0 Å². The molecule has 0 radical (unpaired) electrons. The van der Waals surface area contributed by atoms with Crippen LogP contribution in [-0.4, -0.2) is 57.7 Å². The summed E-state index contributed by atoms with van der Waals surface area (Å²) in [4.78, 5) is 2.30. The SMILES string of the molecule is OCCOCCN1CCn2c(nnc2-c2ccccc2)C1. The predicted octanol–water partition coefficient (Wildman–Crippen LogP) is 0.770. The molecule has 1 N–H and O–H groups in total. The Kier molecular flexibility index (Phi) is 4.59. The standard InChI is InChI=1S/C15H20N4O2/c20-9-11-21-10-8-18-6-7-19-14(12-18)16-17-15(19)13-4-2-1-3-5-13/h1-5,20H,6-12H2. The average Bonchev–Trinajstić information content (AvgIpc) is 2.95. The van der Waals surface area contributed by atoms with Gasteiger partial charge in [0.05, 0.1) is 26.4 Å². The normalized spacial score (nSPS) is 15.1. The molecule has 0 unspecified atom stereocenters. The molecule has 2 heterocycles. The fourth-order valence-corrected chi connectivity index (χ4v) is 2.56. The Morgan fingerprint density at radius 3 is 2.76 bits per heavy atom. The number of rotatable bonds is 6. The van der Waals surface area contributed by atoms with E-state index in [0.717, 1.165) is 43.4 Å². The zero-order chi connectivity index (χ0) is 14.5. The van der Waals surface area contributed by atoms with E-state index in [1.54, 1.807) is 0 Å². The number of nitrogens with zero attached hydrogens (tertiary/aromatic N) is 4. The number of benzene rings is 1. The summed E-state index contributed by atoms with van der Waals surface area (Å²) in [6, 6.07) is 10.2. The van der Waals surface area contributed by atoms with Crippen LogP contribution in [0.5, 0.6) is 0 Å². The van der Waals surface area contributed by atoms with E-state index >= 15 is 0 Å². The van der Waals surface area contributed by atoms with Crippen molar-refractivity contribution in [3.8, 4) is 11.4 Å². The van der Waals surface area contributed by atoms with Crippen molar-refractivity contribution in [1.82, 2.24) is 19.7 Å². The zero-order valence-electron chi connectivity index (χ0n) is 12.0. The third-order valence-electron chi connectivity index (χ3n) is 3.65. The molecule has 0 saturated carbocycles. The van der Waals surface area contributed by atoms with Gasteiger partial charge in [-0.15, -0.1) is 10.2 Å². The van der Waals surface area contributed by atoms with Gasteiger partial charge in [-0.3, -0.25) is 4.90 Å². The van der Waals surface area contributed by atoms with Gasteiger partial charge in [0.2, 0.25) is 0 Å². The van der Waals surface area contributed by atoms with Crippen LogP contribution in [0.4, 0.5) is 0 Å². The first-order chi connectivity index (χ1) is 10.4. The highest BCUT2D eigenvalue weighted by Crippen LogP contribution is 2.21. The van der Waals surface area contributed by atoms with Crippen LogP contribution in [0, 0.1) is 0 Å². The summed E-state index contributed by atoms with van der Waals surface area (Å²) >= 11 is 0. The molecule has 1 aromatic heterocycles. The van der Waals surface area contributed by atoms with Gasteiger partial charge in [0.1, 0.15) is 5.82 Å². The molecule has 6 heteroatoms. The zero-order valence-corrected chi connectivity index (χ0v) is 12.0. The molecule has 0 amide bonds. The van der Waals surface area contributed by atoms with Gasteiger partial charge in [0.15, 0.2) is 5.82 Å². The van der Waals surface area contributed by atoms with E-state index in [1.807, 2.05) is 18.2 Å². The molecule has 2 aromatic rings. The van der Waals surface area contributed by atoms with Gasteiger partial charge in [0, 0.05) is 25.2 Å². The monoisotopic (exact) mass is 288 g/mol. The Balaban J connectivity index is 1.64. The first-order valence-electron chi connectivity index (χ1n) is 7.27. The largest absolute Gasteiger partial charge is 0.394 e. The van der Waals surface area contributed by atoms with Crippen molar-refractivity contribution in [3.63, 3.8) is 0 Å². The van der Waals surface area contributed by atoms with Crippen molar-refractivity contribution in [3.05, 3.63) is 36.2 Å². The second-order valence-electron chi connectivity index (χ2n) is 5.07. The average molecular weight is 288 g/mol. The Morgan fingerprint density at radius 1 is 1.10 bits per heavy atom. The smallest absolute Gasteiger partial charge is 0.164 e. The van der Waals surface area contributed by atoms with E-state index < -0.39 is 0 Å². The van der Waals surface area contributed by atoms with Crippen LogP contribution >= 0.6 is 0 Å².